The number of amides is 1. The molecule has 1 atom stereocenters. The summed E-state index contributed by atoms with van der Waals surface area (Å²) in [7, 11) is 0. The van der Waals surface area contributed by atoms with E-state index in [0.717, 1.165) is 16.7 Å². The number of hydrogen-bond donors (Lipinski definition) is 4. The van der Waals surface area contributed by atoms with E-state index in [9.17, 15) is 9.59 Å². The molecule has 1 unspecified atom stereocenters. The van der Waals surface area contributed by atoms with Crippen LogP contribution in [0.15, 0.2) is 54.6 Å². The van der Waals surface area contributed by atoms with Gasteiger partial charge in [-0.3, -0.25) is 10.2 Å². The lowest BCUT2D eigenvalue weighted by molar-refractivity contribution is -0.139. The molecule has 2 aromatic rings. The van der Waals surface area contributed by atoms with Crippen molar-refractivity contribution >= 4 is 11.9 Å². The number of rotatable bonds is 6. The van der Waals surface area contributed by atoms with Crippen LogP contribution in [0, 0.1) is 0 Å². The number of carboxylic acids is 1. The van der Waals surface area contributed by atoms with Crippen molar-refractivity contribution in [2.75, 3.05) is 0 Å². The Kier molecular flexibility index (Phi) is 5.24. The third-order valence-corrected chi connectivity index (χ3v) is 3.09. The summed E-state index contributed by atoms with van der Waals surface area (Å²) < 4.78 is 0. The van der Waals surface area contributed by atoms with E-state index in [1.165, 1.54) is 0 Å². The highest BCUT2D eigenvalue weighted by Gasteiger charge is 2.13. The second-order valence-corrected chi connectivity index (χ2v) is 4.71. The topological polar surface area (TPSA) is 104 Å². The van der Waals surface area contributed by atoms with Gasteiger partial charge in [0.05, 0.1) is 6.42 Å². The van der Waals surface area contributed by atoms with Gasteiger partial charge in [0, 0.05) is 0 Å². The van der Waals surface area contributed by atoms with Crippen LogP contribution < -0.4 is 16.6 Å². The van der Waals surface area contributed by atoms with Gasteiger partial charge in [-0.1, -0.05) is 54.6 Å². The molecule has 2 rings (SSSR count). The molecule has 2 aromatic carbocycles. The number of hydrazine groups is 1. The third-order valence-electron chi connectivity index (χ3n) is 3.09. The van der Waals surface area contributed by atoms with Gasteiger partial charge in [0.25, 0.3) is 0 Å². The molecule has 0 saturated heterocycles. The van der Waals surface area contributed by atoms with Gasteiger partial charge in [-0.25, -0.2) is 10.2 Å². The van der Waals surface area contributed by atoms with Gasteiger partial charge < -0.3 is 10.8 Å². The first-order chi connectivity index (χ1) is 10.6. The molecule has 0 aromatic heterocycles. The Hall–Kier alpha value is -2.70. The predicted octanol–water partition coefficient (Wildman–Crippen LogP) is 0.886. The minimum absolute atomic E-state index is 0.115. The Morgan fingerprint density at radius 3 is 2.36 bits per heavy atom. The molecule has 0 bridgehead atoms. The molecule has 5 N–H and O–H groups in total. The summed E-state index contributed by atoms with van der Waals surface area (Å²) in [6.07, 6.45) is -1.22. The Labute approximate surface area is 127 Å². The minimum atomic E-state index is -1.34. The Balaban J connectivity index is 2.07. The molecule has 114 valence electrons. The molecule has 0 aliphatic rings. The SMILES string of the molecule is NC(NNC(=O)Cc1ccccc1-c1ccccc1)C(=O)O. The first-order valence-corrected chi connectivity index (χ1v) is 6.74. The maximum absolute atomic E-state index is 11.9. The average Bonchev–Trinajstić information content (AvgIpc) is 2.54. The van der Waals surface area contributed by atoms with Crippen LogP contribution in [0.4, 0.5) is 0 Å². The molecule has 22 heavy (non-hydrogen) atoms. The molecular weight excluding hydrogens is 282 g/mol. The largest absolute Gasteiger partial charge is 0.479 e. The number of nitrogens with one attached hydrogen (secondary N) is 2. The van der Waals surface area contributed by atoms with Gasteiger partial charge in [-0.15, -0.1) is 0 Å². The highest BCUT2D eigenvalue weighted by molar-refractivity contribution is 5.82. The van der Waals surface area contributed by atoms with E-state index < -0.39 is 12.1 Å². The van der Waals surface area contributed by atoms with Crippen molar-refractivity contribution < 1.29 is 14.7 Å². The highest BCUT2D eigenvalue weighted by atomic mass is 16.4. The van der Waals surface area contributed by atoms with Crippen molar-refractivity contribution in [3.8, 4) is 11.1 Å². The predicted molar refractivity (Wildman–Crippen MR) is 82.5 cm³/mol. The van der Waals surface area contributed by atoms with Crippen molar-refractivity contribution in [2.24, 2.45) is 5.73 Å². The van der Waals surface area contributed by atoms with Crippen molar-refractivity contribution in [2.45, 2.75) is 12.6 Å². The third kappa shape index (κ3) is 4.15. The molecule has 0 heterocycles. The number of hydrogen-bond acceptors (Lipinski definition) is 4. The molecule has 0 saturated carbocycles. The molecule has 0 fully saturated rings. The fourth-order valence-electron chi connectivity index (χ4n) is 2.01. The van der Waals surface area contributed by atoms with Crippen LogP contribution in [-0.2, 0) is 16.0 Å². The molecule has 0 spiro atoms. The summed E-state index contributed by atoms with van der Waals surface area (Å²) in [5, 5.41) is 8.64. The van der Waals surface area contributed by atoms with Crippen molar-refractivity contribution in [3.63, 3.8) is 0 Å². The van der Waals surface area contributed by atoms with E-state index in [4.69, 9.17) is 10.8 Å². The van der Waals surface area contributed by atoms with Crippen LogP contribution in [0.5, 0.6) is 0 Å². The van der Waals surface area contributed by atoms with E-state index in [1.54, 1.807) is 0 Å². The second-order valence-electron chi connectivity index (χ2n) is 4.71. The number of carbonyl (C=O) groups excluding carboxylic acids is 1. The van der Waals surface area contributed by atoms with Gasteiger partial charge in [0.1, 0.15) is 0 Å². The lowest BCUT2D eigenvalue weighted by Crippen LogP contribution is -2.53. The Morgan fingerprint density at radius 1 is 1.05 bits per heavy atom. The number of benzene rings is 2. The second kappa shape index (κ2) is 7.35. The quantitative estimate of drug-likeness (QED) is 0.468. The monoisotopic (exact) mass is 299 g/mol. The summed E-state index contributed by atoms with van der Waals surface area (Å²) >= 11 is 0. The van der Waals surface area contributed by atoms with Crippen molar-refractivity contribution in [1.82, 2.24) is 10.9 Å². The summed E-state index contributed by atoms with van der Waals surface area (Å²) in [6, 6.07) is 17.3. The van der Waals surface area contributed by atoms with Gasteiger partial charge in [0.15, 0.2) is 6.17 Å². The smallest absolute Gasteiger partial charge is 0.337 e. The van der Waals surface area contributed by atoms with Gasteiger partial charge >= 0.3 is 5.97 Å². The van der Waals surface area contributed by atoms with Crippen LogP contribution in [0.25, 0.3) is 11.1 Å². The fraction of sp³-hybridized carbons (Fsp3) is 0.125. The summed E-state index contributed by atoms with van der Waals surface area (Å²) in [5.74, 6) is -1.61. The van der Waals surface area contributed by atoms with Crippen LogP contribution in [0.2, 0.25) is 0 Å². The minimum Gasteiger partial charge on any atom is -0.479 e. The maximum atomic E-state index is 11.9. The highest BCUT2D eigenvalue weighted by Crippen LogP contribution is 2.23. The first kappa shape index (κ1) is 15.7. The van der Waals surface area contributed by atoms with Crippen LogP contribution in [0.1, 0.15) is 5.56 Å². The van der Waals surface area contributed by atoms with E-state index in [-0.39, 0.29) is 12.3 Å². The van der Waals surface area contributed by atoms with E-state index in [2.05, 4.69) is 10.9 Å². The van der Waals surface area contributed by atoms with E-state index >= 15 is 0 Å². The van der Waals surface area contributed by atoms with Crippen LogP contribution in [-0.4, -0.2) is 23.1 Å². The average molecular weight is 299 g/mol. The lowest BCUT2D eigenvalue weighted by atomic mass is 9.98. The summed E-state index contributed by atoms with van der Waals surface area (Å²) in [5.41, 5.74) is 12.6. The Morgan fingerprint density at radius 2 is 1.68 bits per heavy atom. The van der Waals surface area contributed by atoms with Crippen molar-refractivity contribution in [1.29, 1.82) is 0 Å². The van der Waals surface area contributed by atoms with E-state index in [0.29, 0.717) is 0 Å². The fourth-order valence-corrected chi connectivity index (χ4v) is 2.01. The lowest BCUT2D eigenvalue weighted by Gasteiger charge is -2.12. The first-order valence-electron chi connectivity index (χ1n) is 6.74. The van der Waals surface area contributed by atoms with Crippen molar-refractivity contribution in [3.05, 3.63) is 60.2 Å². The zero-order chi connectivity index (χ0) is 15.9. The van der Waals surface area contributed by atoms with Crippen LogP contribution >= 0.6 is 0 Å². The molecule has 0 radical (unpaired) electrons. The van der Waals surface area contributed by atoms with Gasteiger partial charge in [-0.2, -0.15) is 0 Å². The Bertz CT molecular complexity index is 659. The zero-order valence-corrected chi connectivity index (χ0v) is 11.8. The number of carboxylic acid groups (broad SMARTS) is 1. The summed E-state index contributed by atoms with van der Waals surface area (Å²) in [6.45, 7) is 0. The molecule has 0 aliphatic heterocycles. The van der Waals surface area contributed by atoms with E-state index in [1.807, 2.05) is 54.6 Å². The van der Waals surface area contributed by atoms with Crippen LogP contribution in [0.3, 0.4) is 0 Å². The molecular formula is C16H17N3O3. The number of nitrogens with two attached hydrogens (primary N) is 1. The molecule has 6 heteroatoms. The van der Waals surface area contributed by atoms with Gasteiger partial charge in [-0.05, 0) is 16.7 Å². The molecule has 0 aliphatic carbocycles. The maximum Gasteiger partial charge on any atom is 0.337 e. The van der Waals surface area contributed by atoms with Gasteiger partial charge in [0.2, 0.25) is 5.91 Å². The molecule has 6 nitrogen and oxygen atoms in total. The zero-order valence-electron chi connectivity index (χ0n) is 11.8. The normalized spacial score (nSPS) is 11.7. The standard InChI is InChI=1S/C16H17N3O3/c17-15(16(21)22)19-18-14(20)10-12-8-4-5-9-13(12)11-6-2-1-3-7-11/h1-9,15,19H,10,17H2,(H,18,20)(H,21,22). The summed E-state index contributed by atoms with van der Waals surface area (Å²) in [4.78, 5) is 22.5. The number of carbonyl (C=O) groups is 2. The molecule has 1 amide bonds. The number of aliphatic carboxylic acids is 1.